The zero-order chi connectivity index (χ0) is 12.7. The number of thiol groups is 1. The van der Waals surface area contributed by atoms with Crippen LogP contribution >= 0.6 is 12.6 Å². The highest BCUT2D eigenvalue weighted by molar-refractivity contribution is 7.80. The van der Waals surface area contributed by atoms with Crippen LogP contribution < -0.4 is 4.74 Å². The van der Waals surface area contributed by atoms with Gasteiger partial charge in [0.25, 0.3) is 0 Å². The molecule has 1 aromatic rings. The van der Waals surface area contributed by atoms with Gasteiger partial charge < -0.3 is 4.74 Å². The summed E-state index contributed by atoms with van der Waals surface area (Å²) >= 11 is 4.16. The van der Waals surface area contributed by atoms with Crippen molar-refractivity contribution in [3.63, 3.8) is 0 Å². The lowest BCUT2D eigenvalue weighted by Crippen LogP contribution is -2.06. The second-order valence-electron chi connectivity index (χ2n) is 3.98. The molecule has 2 nitrogen and oxygen atoms in total. The first-order valence-corrected chi connectivity index (χ1v) is 6.24. The van der Waals surface area contributed by atoms with Crippen molar-refractivity contribution in [3.8, 4) is 11.8 Å². The van der Waals surface area contributed by atoms with Gasteiger partial charge in [0, 0.05) is 0 Å². The molecule has 0 saturated carbocycles. The van der Waals surface area contributed by atoms with Crippen LogP contribution in [0.25, 0.3) is 0 Å². The number of ether oxygens (including phenoxy) is 1. The van der Waals surface area contributed by atoms with E-state index in [0.717, 1.165) is 18.6 Å². The maximum Gasteiger partial charge on any atom is 0.144 e. The zero-order valence-electron chi connectivity index (χ0n) is 9.82. The predicted molar refractivity (Wildman–Crippen MR) is 68.9 cm³/mol. The molecule has 17 heavy (non-hydrogen) atoms. The Balaban J connectivity index is 2.53. The Morgan fingerprint density at radius 2 is 2.24 bits per heavy atom. The first-order chi connectivity index (χ1) is 8.19. The molecule has 0 aliphatic heterocycles. The smallest absolute Gasteiger partial charge is 0.144 e. The van der Waals surface area contributed by atoms with Gasteiger partial charge in [0.1, 0.15) is 23.2 Å². The molecule has 0 heterocycles. The molecule has 0 amide bonds. The minimum absolute atomic E-state index is 0.0191. The van der Waals surface area contributed by atoms with Gasteiger partial charge in [0.2, 0.25) is 0 Å². The Hall–Kier alpha value is -1.21. The van der Waals surface area contributed by atoms with Gasteiger partial charge in [-0.25, -0.2) is 4.39 Å². The molecule has 0 aliphatic rings. The molecular formula is C13H16FNOS. The van der Waals surface area contributed by atoms with Crippen molar-refractivity contribution in [1.82, 2.24) is 0 Å². The second-order valence-corrected chi connectivity index (χ2v) is 4.43. The van der Waals surface area contributed by atoms with Crippen LogP contribution in [0.1, 0.15) is 25.3 Å². The third-order valence-corrected chi connectivity index (χ3v) is 2.84. The Morgan fingerprint density at radius 3 is 2.88 bits per heavy atom. The lowest BCUT2D eigenvalue weighted by molar-refractivity contribution is 0.280. The van der Waals surface area contributed by atoms with Gasteiger partial charge in [-0.2, -0.15) is 17.9 Å². The van der Waals surface area contributed by atoms with Crippen LogP contribution in [0.3, 0.4) is 0 Å². The number of rotatable bonds is 6. The SMILES string of the molecule is CC(CCS)CCOc1cccc(F)c1C#N. The summed E-state index contributed by atoms with van der Waals surface area (Å²) in [5.74, 6) is 1.16. The largest absolute Gasteiger partial charge is 0.492 e. The van der Waals surface area contributed by atoms with Crippen LogP contribution in [0, 0.1) is 23.1 Å². The van der Waals surface area contributed by atoms with E-state index in [1.165, 1.54) is 6.07 Å². The lowest BCUT2D eigenvalue weighted by atomic mass is 10.1. The van der Waals surface area contributed by atoms with Crippen LogP contribution in [-0.2, 0) is 0 Å². The normalized spacial score (nSPS) is 11.9. The Bertz CT molecular complexity index is 403. The number of nitriles is 1. The topological polar surface area (TPSA) is 33.0 Å². The summed E-state index contributed by atoms with van der Waals surface area (Å²) in [5.41, 5.74) is -0.0191. The van der Waals surface area contributed by atoms with Gasteiger partial charge in [-0.15, -0.1) is 0 Å². The molecule has 0 N–H and O–H groups in total. The van der Waals surface area contributed by atoms with Crippen molar-refractivity contribution in [3.05, 3.63) is 29.6 Å². The quantitative estimate of drug-likeness (QED) is 0.788. The van der Waals surface area contributed by atoms with Gasteiger partial charge in [-0.1, -0.05) is 13.0 Å². The fraction of sp³-hybridized carbons (Fsp3) is 0.462. The minimum atomic E-state index is -0.534. The van der Waals surface area contributed by atoms with E-state index in [0.29, 0.717) is 18.3 Å². The molecule has 92 valence electrons. The van der Waals surface area contributed by atoms with E-state index in [1.807, 2.05) is 6.07 Å². The fourth-order valence-corrected chi connectivity index (χ4v) is 1.91. The molecule has 0 aromatic heterocycles. The van der Waals surface area contributed by atoms with Crippen LogP contribution in [0.2, 0.25) is 0 Å². The van der Waals surface area contributed by atoms with Gasteiger partial charge in [-0.3, -0.25) is 0 Å². The monoisotopic (exact) mass is 253 g/mol. The number of nitrogens with zero attached hydrogens (tertiary/aromatic N) is 1. The molecule has 1 atom stereocenters. The summed E-state index contributed by atoms with van der Waals surface area (Å²) in [4.78, 5) is 0. The molecule has 0 spiro atoms. The second kappa shape index (κ2) is 7.18. The predicted octanol–water partition coefficient (Wildman–Crippen LogP) is 3.42. The first kappa shape index (κ1) is 13.9. The number of halogens is 1. The summed E-state index contributed by atoms with van der Waals surface area (Å²) < 4.78 is 18.7. The average Bonchev–Trinajstić information content (AvgIpc) is 2.29. The Morgan fingerprint density at radius 1 is 1.47 bits per heavy atom. The molecule has 1 unspecified atom stereocenters. The highest BCUT2D eigenvalue weighted by Crippen LogP contribution is 2.21. The Labute approximate surface area is 107 Å². The maximum absolute atomic E-state index is 13.2. The van der Waals surface area contributed by atoms with E-state index in [4.69, 9.17) is 10.00 Å². The van der Waals surface area contributed by atoms with Crippen molar-refractivity contribution in [1.29, 1.82) is 5.26 Å². The standard InChI is InChI=1S/C13H16FNOS/c1-10(6-8-17)5-7-16-13-4-2-3-12(14)11(13)9-15/h2-4,10,17H,5-8H2,1H3. The zero-order valence-corrected chi connectivity index (χ0v) is 10.7. The van der Waals surface area contributed by atoms with Gasteiger partial charge in [0.15, 0.2) is 0 Å². The molecule has 4 heteroatoms. The molecular weight excluding hydrogens is 237 g/mol. The number of benzene rings is 1. The third kappa shape index (κ3) is 4.27. The van der Waals surface area contributed by atoms with E-state index in [1.54, 1.807) is 12.1 Å². The van der Waals surface area contributed by atoms with E-state index in [2.05, 4.69) is 19.6 Å². The van der Waals surface area contributed by atoms with Crippen molar-refractivity contribution >= 4 is 12.6 Å². The fourth-order valence-electron chi connectivity index (χ4n) is 1.47. The number of hydrogen-bond donors (Lipinski definition) is 1. The van der Waals surface area contributed by atoms with Crippen LogP contribution in [0.4, 0.5) is 4.39 Å². The first-order valence-electron chi connectivity index (χ1n) is 5.61. The van der Waals surface area contributed by atoms with E-state index >= 15 is 0 Å². The van der Waals surface area contributed by atoms with Gasteiger partial charge in [0.05, 0.1) is 6.61 Å². The lowest BCUT2D eigenvalue weighted by Gasteiger charge is -2.11. The average molecular weight is 253 g/mol. The van der Waals surface area contributed by atoms with E-state index < -0.39 is 5.82 Å². The molecule has 0 radical (unpaired) electrons. The summed E-state index contributed by atoms with van der Waals surface area (Å²) in [6.07, 6.45) is 1.91. The van der Waals surface area contributed by atoms with Crippen molar-refractivity contribution in [2.24, 2.45) is 5.92 Å². The molecule has 1 rings (SSSR count). The molecule has 1 aromatic carbocycles. The molecule has 0 aliphatic carbocycles. The van der Waals surface area contributed by atoms with Gasteiger partial charge >= 0.3 is 0 Å². The van der Waals surface area contributed by atoms with Crippen molar-refractivity contribution in [2.75, 3.05) is 12.4 Å². The Kier molecular flexibility index (Phi) is 5.85. The minimum Gasteiger partial charge on any atom is -0.492 e. The summed E-state index contributed by atoms with van der Waals surface area (Å²) in [6, 6.07) is 6.23. The summed E-state index contributed by atoms with van der Waals surface area (Å²) in [5, 5.41) is 8.81. The molecule has 0 saturated heterocycles. The van der Waals surface area contributed by atoms with E-state index in [9.17, 15) is 4.39 Å². The van der Waals surface area contributed by atoms with Crippen LogP contribution in [0.15, 0.2) is 18.2 Å². The molecule has 0 bridgehead atoms. The maximum atomic E-state index is 13.2. The number of hydrogen-bond acceptors (Lipinski definition) is 3. The van der Waals surface area contributed by atoms with E-state index in [-0.39, 0.29) is 5.56 Å². The third-order valence-electron chi connectivity index (χ3n) is 2.58. The van der Waals surface area contributed by atoms with Crippen molar-refractivity contribution < 1.29 is 9.13 Å². The van der Waals surface area contributed by atoms with Crippen molar-refractivity contribution in [2.45, 2.75) is 19.8 Å². The van der Waals surface area contributed by atoms with Crippen LogP contribution in [0.5, 0.6) is 5.75 Å². The highest BCUT2D eigenvalue weighted by atomic mass is 32.1. The van der Waals surface area contributed by atoms with Gasteiger partial charge in [-0.05, 0) is 36.6 Å². The highest BCUT2D eigenvalue weighted by Gasteiger charge is 2.09. The summed E-state index contributed by atoms with van der Waals surface area (Å²) in [7, 11) is 0. The summed E-state index contributed by atoms with van der Waals surface area (Å²) in [6.45, 7) is 2.61. The molecule has 0 fully saturated rings. The van der Waals surface area contributed by atoms with Crippen LogP contribution in [-0.4, -0.2) is 12.4 Å².